The fourth-order valence-electron chi connectivity index (χ4n) is 13.8. The van der Waals surface area contributed by atoms with Gasteiger partial charge in [-0.25, -0.2) is 19.6 Å². The van der Waals surface area contributed by atoms with Gasteiger partial charge in [-0.2, -0.15) is 23.5 Å². The zero-order valence-electron chi connectivity index (χ0n) is 44.0. The first-order chi connectivity index (χ1) is 36.5. The fourth-order valence-corrected chi connectivity index (χ4v) is 14.8. The number of carbonyl (C=O) groups is 4. The number of nitrogens with one attached hydrogen (secondary N) is 4. The van der Waals surface area contributed by atoms with Gasteiger partial charge < -0.3 is 39.9 Å². The van der Waals surface area contributed by atoms with Gasteiger partial charge in [-0.05, 0) is 195 Å². The summed E-state index contributed by atoms with van der Waals surface area (Å²) in [5, 5.41) is 5.71. The number of amides is 4. The number of allylic oxidation sites excluding steroid dienone is 4. The second-order valence-corrected chi connectivity index (χ2v) is 24.0. The van der Waals surface area contributed by atoms with Gasteiger partial charge in [0.05, 0.1) is 48.4 Å². The Labute approximate surface area is 448 Å². The highest BCUT2D eigenvalue weighted by atomic mass is 32.2. The molecule has 11 aliphatic rings. The lowest BCUT2D eigenvalue weighted by molar-refractivity contribution is -0.148. The summed E-state index contributed by atoms with van der Waals surface area (Å²) in [6.45, 7) is 2.37. The maximum Gasteiger partial charge on any atom is 0.407 e. The smallest absolute Gasteiger partial charge is 0.407 e. The van der Waals surface area contributed by atoms with Crippen molar-refractivity contribution < 1.29 is 28.7 Å². The number of aryl methyl sites for hydroxylation is 1. The molecule has 4 N–H and O–H groups in total. The molecule has 16 heteroatoms. The molecular formula is C59H72N8O6S2. The van der Waals surface area contributed by atoms with Crippen LogP contribution >= 0.6 is 23.5 Å². The van der Waals surface area contributed by atoms with Crippen molar-refractivity contribution in [3.8, 4) is 11.1 Å². The van der Waals surface area contributed by atoms with Crippen LogP contribution in [0.1, 0.15) is 137 Å². The summed E-state index contributed by atoms with van der Waals surface area (Å²) in [4.78, 5) is 75.8. The molecule has 75 heavy (non-hydrogen) atoms. The molecule has 6 fully saturated rings. The maximum absolute atomic E-state index is 14.5. The number of benzene rings is 3. The maximum atomic E-state index is 14.5. The molecule has 0 unspecified atom stereocenters. The number of alkyl carbamates (subject to hydrolysis) is 2. The highest BCUT2D eigenvalue weighted by molar-refractivity contribution is 7.98. The Kier molecular flexibility index (Phi) is 15.1. The van der Waals surface area contributed by atoms with E-state index in [0.717, 1.165) is 128 Å². The molecule has 16 rings (SSSR count). The number of imidazole rings is 2. The van der Waals surface area contributed by atoms with Gasteiger partial charge in [0.1, 0.15) is 23.7 Å². The van der Waals surface area contributed by atoms with Crippen LogP contribution in [0.15, 0.2) is 72.3 Å². The van der Waals surface area contributed by atoms with E-state index in [2.05, 4.69) is 104 Å². The first-order valence-electron chi connectivity index (χ1n) is 27.4. The number of hydrogen-bond donors (Lipinski definition) is 4. The first kappa shape index (κ1) is 51.4. The minimum atomic E-state index is -0.660. The van der Waals surface area contributed by atoms with Crippen LogP contribution < -0.4 is 10.6 Å². The molecular weight excluding hydrogens is 981 g/mol. The van der Waals surface area contributed by atoms with Crippen molar-refractivity contribution in [1.82, 2.24) is 40.4 Å². The van der Waals surface area contributed by atoms with E-state index < -0.39 is 24.3 Å². The van der Waals surface area contributed by atoms with E-state index >= 15 is 0 Å². The predicted octanol–water partition coefficient (Wildman–Crippen LogP) is 11.4. The third kappa shape index (κ3) is 10.2. The Balaban J connectivity index is 0.847. The Hall–Kier alpha value is -5.74. The minimum absolute atomic E-state index is 0.0473. The number of hydrogen-bond acceptors (Lipinski definition) is 10. The van der Waals surface area contributed by atoms with Crippen LogP contribution in [0.2, 0.25) is 0 Å². The molecule has 3 aromatic carbocycles. The van der Waals surface area contributed by atoms with E-state index in [4.69, 9.17) is 19.4 Å². The molecule has 4 amide bonds. The van der Waals surface area contributed by atoms with Gasteiger partial charge in [0, 0.05) is 12.1 Å². The highest BCUT2D eigenvalue weighted by Gasteiger charge is 2.49. The Morgan fingerprint density at radius 2 is 1.23 bits per heavy atom. The summed E-state index contributed by atoms with van der Waals surface area (Å²) in [6.07, 6.45) is 20.7. The van der Waals surface area contributed by atoms with Gasteiger partial charge in [-0.1, -0.05) is 55.0 Å². The molecule has 6 heterocycles. The fraction of sp³-hybridized carbons (Fsp3) is 0.525. The number of piperidine rings is 4. The van der Waals surface area contributed by atoms with Gasteiger partial charge in [0.2, 0.25) is 11.8 Å². The summed E-state index contributed by atoms with van der Waals surface area (Å²) >= 11 is 3.32. The number of carbonyl (C=O) groups excluding carboxylic acids is 4. The van der Waals surface area contributed by atoms with Crippen molar-refractivity contribution in [3.63, 3.8) is 0 Å². The van der Waals surface area contributed by atoms with Crippen molar-refractivity contribution in [2.75, 3.05) is 38.2 Å². The number of nitrogens with zero attached hydrogens (tertiary/aromatic N) is 4. The van der Waals surface area contributed by atoms with Gasteiger partial charge >= 0.3 is 12.2 Å². The summed E-state index contributed by atoms with van der Waals surface area (Å²) in [7, 11) is 2.68. The highest BCUT2D eigenvalue weighted by Crippen LogP contribution is 2.50. The number of methoxy groups -OCH3 is 2. The lowest BCUT2D eigenvalue weighted by atomic mass is 9.74. The Bertz CT molecular complexity index is 3020. The van der Waals surface area contributed by atoms with E-state index in [-0.39, 0.29) is 36.0 Å². The molecule has 2 saturated carbocycles. The first-order valence-corrected chi connectivity index (χ1v) is 30.2. The average Bonchev–Trinajstić information content (AvgIpc) is 4.08. The number of aromatic nitrogens is 4. The monoisotopic (exact) mass is 1050 g/mol. The van der Waals surface area contributed by atoms with Gasteiger partial charge in [0.25, 0.3) is 0 Å². The second kappa shape index (κ2) is 22.1. The summed E-state index contributed by atoms with van der Waals surface area (Å²) in [6, 6.07) is 18.9. The number of thioether (sulfide) groups is 2. The molecule has 4 saturated heterocycles. The number of ether oxygens (including phenoxy) is 2. The standard InChI is InChI=1S/C59H72N8O6S2/c1-33-28-39-9-7-34(29-44(39)40-16-22-46-50(31-40)62-54(60-46)52-36-12-18-42(19-13-36)66(52)56(68)48(24-26-74-4)64-58(70)72-2)6-8-35-10-11-38(33)30-45(35)41-17-23-47-51(32-41)63-55(61-47)53-37-14-20-43(21-15-37)67(53)57(69)49(25-27-75-5)65-59(71)73-3/h7,10-11,16-17,22-23,29-33,36-37,39,42-43,48-49,52-53H,6,8-9,12-15,18-21,24-28H2,1-5H3,(H,60,62)(H,61,63)(H,64,70)(H,65,71)/t33-,36?,37?,39-,42?,43?,48+,49+,52+,53+/m1/s1. The molecule has 0 radical (unpaired) electrons. The molecule has 6 atom stereocenters. The zero-order chi connectivity index (χ0) is 51.9. The predicted molar refractivity (Wildman–Crippen MR) is 298 cm³/mol. The lowest BCUT2D eigenvalue weighted by Gasteiger charge is -2.51. The van der Waals surface area contributed by atoms with Gasteiger partial charge in [-0.3, -0.25) is 9.59 Å². The van der Waals surface area contributed by atoms with Crippen molar-refractivity contribution in [3.05, 3.63) is 101 Å². The minimum Gasteiger partial charge on any atom is -0.453 e. The summed E-state index contributed by atoms with van der Waals surface area (Å²) in [5.74, 6) is 4.27. The van der Waals surface area contributed by atoms with E-state index in [0.29, 0.717) is 36.5 Å². The van der Waals surface area contributed by atoms with Crippen LogP contribution in [0, 0.1) is 17.8 Å². The molecule has 4 aliphatic heterocycles. The van der Waals surface area contributed by atoms with Crippen LogP contribution in [-0.2, 0) is 25.5 Å². The van der Waals surface area contributed by atoms with Crippen molar-refractivity contribution in [1.29, 1.82) is 0 Å². The number of aromatic amines is 2. The summed E-state index contributed by atoms with van der Waals surface area (Å²) in [5.41, 5.74) is 12.7. The van der Waals surface area contributed by atoms with Crippen LogP contribution in [0.4, 0.5) is 9.59 Å². The van der Waals surface area contributed by atoms with E-state index in [9.17, 15) is 19.2 Å². The topological polar surface area (TPSA) is 175 Å². The van der Waals surface area contributed by atoms with Crippen molar-refractivity contribution in [2.45, 2.75) is 139 Å². The SMILES string of the molecule is COC(=O)N[C@@H](CCSC)C(=O)N1C2CCC(CC2)[C@H]1c1nc2ccc(C3=CC4=CC[C@@H]3C[C@@H](C)c3ccc(c(-c5ccc6nc([C@@H]7C8CCC(CC8)N7C(=O)[C@H](CCSC)NC(=O)OC)[nH]c6c5)c3)CC4)cc2[nH]1. The van der Waals surface area contributed by atoms with Crippen molar-refractivity contribution in [2.24, 2.45) is 17.8 Å². The van der Waals surface area contributed by atoms with Crippen LogP contribution in [0.3, 0.4) is 0 Å². The largest absolute Gasteiger partial charge is 0.453 e. The average molecular weight is 1050 g/mol. The third-order valence-electron chi connectivity index (χ3n) is 17.7. The van der Waals surface area contributed by atoms with Crippen LogP contribution in [-0.4, -0.2) is 116 Å². The van der Waals surface area contributed by atoms with Gasteiger partial charge in [-0.15, -0.1) is 0 Å². The van der Waals surface area contributed by atoms with E-state index in [1.807, 2.05) is 12.5 Å². The molecule has 396 valence electrons. The molecule has 14 nitrogen and oxygen atoms in total. The van der Waals surface area contributed by atoms with E-state index in [1.165, 1.54) is 47.6 Å². The molecule has 0 spiro atoms. The van der Waals surface area contributed by atoms with Gasteiger partial charge in [0.15, 0.2) is 0 Å². The quantitative estimate of drug-likeness (QED) is 0.0838. The van der Waals surface area contributed by atoms with Crippen LogP contribution in [0.25, 0.3) is 38.8 Å². The van der Waals surface area contributed by atoms with E-state index in [1.54, 1.807) is 23.5 Å². The molecule has 7 aliphatic carbocycles. The molecule has 5 aromatic rings. The lowest BCUT2D eigenvalue weighted by Crippen LogP contribution is -2.58. The van der Waals surface area contributed by atoms with Crippen LogP contribution in [0.5, 0.6) is 0 Å². The number of fused-ring (bicyclic) bond motifs is 8. The zero-order valence-corrected chi connectivity index (χ0v) is 45.6. The Morgan fingerprint density at radius 1 is 0.693 bits per heavy atom. The number of H-pyrrole nitrogens is 2. The second-order valence-electron chi connectivity index (χ2n) is 22.0. The normalized spacial score (nSPS) is 25.8. The third-order valence-corrected chi connectivity index (χ3v) is 19.0. The molecule has 2 aromatic heterocycles. The van der Waals surface area contributed by atoms with Crippen molar-refractivity contribution >= 4 is 75.2 Å². The molecule has 8 bridgehead atoms. The number of rotatable bonds is 14. The summed E-state index contributed by atoms with van der Waals surface area (Å²) < 4.78 is 9.89. The Morgan fingerprint density at radius 3 is 1.76 bits per heavy atom.